The third-order valence-corrected chi connectivity index (χ3v) is 5.63. The number of hydrogen-bond acceptors (Lipinski definition) is 4. The second-order valence-corrected chi connectivity index (χ2v) is 7.63. The lowest BCUT2D eigenvalue weighted by molar-refractivity contribution is -0.116. The molecule has 0 spiro atoms. The molecule has 5 rings (SSSR count). The Morgan fingerprint density at radius 1 is 0.879 bits per heavy atom. The van der Waals surface area contributed by atoms with Gasteiger partial charge >= 0.3 is 5.69 Å². The lowest BCUT2D eigenvalue weighted by atomic mass is 10.2. The van der Waals surface area contributed by atoms with Gasteiger partial charge in [-0.25, -0.2) is 9.78 Å². The predicted molar refractivity (Wildman–Crippen MR) is 128 cm³/mol. The molecule has 0 radical (unpaired) electrons. The van der Waals surface area contributed by atoms with Crippen molar-refractivity contribution in [2.75, 3.05) is 5.32 Å². The maximum absolute atomic E-state index is 12.8. The normalized spacial score (nSPS) is 11.2. The van der Waals surface area contributed by atoms with Crippen molar-refractivity contribution in [2.45, 2.75) is 20.0 Å². The van der Waals surface area contributed by atoms with Crippen molar-refractivity contribution in [1.29, 1.82) is 0 Å². The second kappa shape index (κ2) is 8.23. The van der Waals surface area contributed by atoms with Crippen molar-refractivity contribution in [3.63, 3.8) is 0 Å². The van der Waals surface area contributed by atoms with Gasteiger partial charge in [0.2, 0.25) is 5.91 Å². The van der Waals surface area contributed by atoms with Crippen LogP contribution in [0, 0.1) is 0 Å². The molecule has 0 unspecified atom stereocenters. The van der Waals surface area contributed by atoms with Crippen LogP contribution in [0.1, 0.15) is 6.92 Å². The van der Waals surface area contributed by atoms with Crippen LogP contribution in [-0.4, -0.2) is 24.6 Å². The van der Waals surface area contributed by atoms with E-state index in [4.69, 9.17) is 0 Å². The lowest BCUT2D eigenvalue weighted by Crippen LogP contribution is -2.41. The molecule has 5 aromatic rings. The average molecular weight is 439 g/mol. The maximum atomic E-state index is 12.8. The number of carbonyl (C=O) groups is 1. The van der Waals surface area contributed by atoms with Gasteiger partial charge in [0.25, 0.3) is 5.56 Å². The van der Waals surface area contributed by atoms with Crippen LogP contribution < -0.4 is 16.6 Å². The fourth-order valence-electron chi connectivity index (χ4n) is 4.02. The highest BCUT2D eigenvalue weighted by Crippen LogP contribution is 2.19. The fraction of sp³-hybridized carbons (Fsp3) is 0.120. The molecule has 8 heteroatoms. The quantitative estimate of drug-likeness (QED) is 0.455. The molecule has 1 N–H and O–H groups in total. The monoisotopic (exact) mass is 439 g/mol. The predicted octanol–water partition coefficient (Wildman–Crippen LogP) is 3.16. The van der Waals surface area contributed by atoms with Crippen molar-refractivity contribution in [2.24, 2.45) is 0 Å². The molecular formula is C25H21N5O3. The van der Waals surface area contributed by atoms with Crippen molar-refractivity contribution >= 4 is 33.5 Å². The topological polar surface area (TPSA) is 90.9 Å². The van der Waals surface area contributed by atoms with E-state index in [9.17, 15) is 14.4 Å². The van der Waals surface area contributed by atoms with Gasteiger partial charge in [-0.3, -0.25) is 23.3 Å². The molecular weight excluding hydrogens is 418 g/mol. The van der Waals surface area contributed by atoms with E-state index in [1.165, 1.54) is 4.57 Å². The first-order valence-corrected chi connectivity index (χ1v) is 10.6. The van der Waals surface area contributed by atoms with E-state index >= 15 is 0 Å². The fourth-order valence-corrected chi connectivity index (χ4v) is 4.02. The number of aromatic nitrogens is 4. The molecule has 8 nitrogen and oxygen atoms in total. The number of benzene rings is 3. The SMILES string of the molecule is CCn1c(=O)c2ccccc2n(CC(=O)Nc2ccc(-n3cnc4ccccc43)cc2)c1=O. The van der Waals surface area contributed by atoms with Crippen molar-refractivity contribution in [1.82, 2.24) is 18.7 Å². The van der Waals surface area contributed by atoms with E-state index in [2.05, 4.69) is 10.3 Å². The summed E-state index contributed by atoms with van der Waals surface area (Å²) in [6.45, 7) is 1.76. The number of amides is 1. The number of anilines is 1. The Morgan fingerprint density at radius 2 is 1.58 bits per heavy atom. The van der Waals surface area contributed by atoms with Crippen LogP contribution >= 0.6 is 0 Å². The van der Waals surface area contributed by atoms with E-state index < -0.39 is 5.69 Å². The minimum atomic E-state index is -0.501. The first-order chi connectivity index (χ1) is 16.1. The summed E-state index contributed by atoms with van der Waals surface area (Å²) in [6, 6.07) is 22.1. The molecule has 2 heterocycles. The van der Waals surface area contributed by atoms with Gasteiger partial charge in [-0.15, -0.1) is 0 Å². The van der Waals surface area contributed by atoms with Gasteiger partial charge in [0.15, 0.2) is 0 Å². The molecule has 0 bridgehead atoms. The molecule has 33 heavy (non-hydrogen) atoms. The number of imidazole rings is 1. The van der Waals surface area contributed by atoms with Crippen LogP contribution in [0.3, 0.4) is 0 Å². The summed E-state index contributed by atoms with van der Waals surface area (Å²) >= 11 is 0. The highest BCUT2D eigenvalue weighted by molar-refractivity contribution is 5.91. The summed E-state index contributed by atoms with van der Waals surface area (Å²) in [5, 5.41) is 3.24. The summed E-state index contributed by atoms with van der Waals surface area (Å²) in [5.74, 6) is -0.357. The van der Waals surface area contributed by atoms with Crippen LogP contribution in [0.15, 0.2) is 88.7 Å². The van der Waals surface area contributed by atoms with Crippen LogP contribution in [0.2, 0.25) is 0 Å². The number of nitrogens with zero attached hydrogens (tertiary/aromatic N) is 4. The van der Waals surface area contributed by atoms with E-state index in [-0.39, 0.29) is 24.6 Å². The zero-order chi connectivity index (χ0) is 22.9. The van der Waals surface area contributed by atoms with E-state index in [0.29, 0.717) is 16.6 Å². The minimum absolute atomic E-state index is 0.201. The molecule has 3 aromatic carbocycles. The average Bonchev–Trinajstić information content (AvgIpc) is 3.27. The summed E-state index contributed by atoms with van der Waals surface area (Å²) in [4.78, 5) is 42.6. The molecule has 0 atom stereocenters. The number of nitrogens with one attached hydrogen (secondary N) is 1. The minimum Gasteiger partial charge on any atom is -0.325 e. The smallest absolute Gasteiger partial charge is 0.325 e. The van der Waals surface area contributed by atoms with Gasteiger partial charge in [-0.1, -0.05) is 24.3 Å². The van der Waals surface area contributed by atoms with Gasteiger partial charge in [0.05, 0.1) is 21.9 Å². The zero-order valence-electron chi connectivity index (χ0n) is 17.9. The van der Waals surface area contributed by atoms with E-state index in [0.717, 1.165) is 21.3 Å². The summed E-state index contributed by atoms with van der Waals surface area (Å²) in [7, 11) is 0. The highest BCUT2D eigenvalue weighted by atomic mass is 16.2. The Kier molecular flexibility index (Phi) is 5.10. The molecule has 164 valence electrons. The number of rotatable bonds is 5. The summed E-state index contributed by atoms with van der Waals surface area (Å²) < 4.78 is 4.45. The van der Waals surface area contributed by atoms with Crippen LogP contribution in [0.4, 0.5) is 5.69 Å². The number of para-hydroxylation sites is 3. The van der Waals surface area contributed by atoms with E-state index in [1.807, 2.05) is 41.0 Å². The Balaban J connectivity index is 1.41. The molecule has 0 aliphatic carbocycles. The molecule has 1 amide bonds. The Bertz CT molecular complexity index is 1610. The number of fused-ring (bicyclic) bond motifs is 2. The van der Waals surface area contributed by atoms with Gasteiger partial charge in [-0.05, 0) is 55.5 Å². The summed E-state index contributed by atoms with van der Waals surface area (Å²) in [5.41, 5.74) is 3.01. The maximum Gasteiger partial charge on any atom is 0.331 e. The van der Waals surface area contributed by atoms with Crippen LogP contribution in [0.25, 0.3) is 27.6 Å². The van der Waals surface area contributed by atoms with Crippen molar-refractivity contribution in [3.8, 4) is 5.69 Å². The zero-order valence-corrected chi connectivity index (χ0v) is 17.9. The van der Waals surface area contributed by atoms with Crippen molar-refractivity contribution in [3.05, 3.63) is 100.0 Å². The highest BCUT2D eigenvalue weighted by Gasteiger charge is 2.14. The van der Waals surface area contributed by atoms with Gasteiger partial charge in [-0.2, -0.15) is 0 Å². The Labute approximate surface area is 188 Å². The number of carbonyl (C=O) groups excluding carboxylic acids is 1. The third-order valence-electron chi connectivity index (χ3n) is 5.63. The first-order valence-electron chi connectivity index (χ1n) is 10.6. The van der Waals surface area contributed by atoms with E-state index in [1.54, 1.807) is 49.6 Å². The van der Waals surface area contributed by atoms with Crippen LogP contribution in [0.5, 0.6) is 0 Å². The first kappa shape index (κ1) is 20.4. The van der Waals surface area contributed by atoms with Gasteiger partial charge in [0, 0.05) is 17.9 Å². The molecule has 0 aliphatic rings. The lowest BCUT2D eigenvalue weighted by Gasteiger charge is -2.13. The summed E-state index contributed by atoms with van der Waals surface area (Å²) in [6.07, 6.45) is 1.76. The van der Waals surface area contributed by atoms with Gasteiger partial charge in [0.1, 0.15) is 12.9 Å². The Hall–Kier alpha value is -4.46. The molecule has 2 aromatic heterocycles. The van der Waals surface area contributed by atoms with Crippen LogP contribution in [-0.2, 0) is 17.9 Å². The molecule has 0 saturated carbocycles. The second-order valence-electron chi connectivity index (χ2n) is 7.63. The molecule has 0 aliphatic heterocycles. The molecule has 0 fully saturated rings. The van der Waals surface area contributed by atoms with Crippen molar-refractivity contribution < 1.29 is 4.79 Å². The molecule has 0 saturated heterocycles. The number of hydrogen-bond donors (Lipinski definition) is 1. The third kappa shape index (κ3) is 3.61. The Morgan fingerprint density at radius 3 is 2.33 bits per heavy atom. The largest absolute Gasteiger partial charge is 0.331 e. The van der Waals surface area contributed by atoms with Gasteiger partial charge < -0.3 is 5.32 Å². The standard InChI is InChI=1S/C25H21N5O3/c1-2-28-24(32)19-7-3-5-9-21(19)29(25(28)33)15-23(31)27-17-11-13-18(14-12-17)30-16-26-20-8-4-6-10-22(20)30/h3-14,16H,2,15H2,1H3,(H,27,31).